The first kappa shape index (κ1) is 23.2. The minimum atomic E-state index is -3.56. The van der Waals surface area contributed by atoms with Crippen LogP contribution in [-0.2, 0) is 14.8 Å². The summed E-state index contributed by atoms with van der Waals surface area (Å²) in [5, 5.41) is 0. The van der Waals surface area contributed by atoms with Crippen LogP contribution in [0.15, 0.2) is 57.9 Å². The Morgan fingerprint density at radius 3 is 2.31 bits per heavy atom. The van der Waals surface area contributed by atoms with Gasteiger partial charge in [-0.15, -0.1) is 0 Å². The summed E-state index contributed by atoms with van der Waals surface area (Å²) in [5.41, 5.74) is 7.40. The van der Waals surface area contributed by atoms with Gasteiger partial charge >= 0.3 is 0 Å². The van der Waals surface area contributed by atoms with Gasteiger partial charge in [-0.2, -0.15) is 4.31 Å². The van der Waals surface area contributed by atoms with E-state index in [9.17, 15) is 13.2 Å². The van der Waals surface area contributed by atoms with E-state index in [1.165, 1.54) is 4.31 Å². The molecule has 0 bridgehead atoms. The number of hydrogen-bond donors (Lipinski definition) is 2. The van der Waals surface area contributed by atoms with E-state index in [2.05, 4.69) is 26.8 Å². The molecule has 2 aliphatic heterocycles. The quantitative estimate of drug-likeness (QED) is 0.604. The third-order valence-electron chi connectivity index (χ3n) is 5.80. The molecule has 10 heteroatoms. The van der Waals surface area contributed by atoms with Crippen LogP contribution in [0.4, 0.5) is 0 Å². The van der Waals surface area contributed by atoms with Gasteiger partial charge in [-0.1, -0.05) is 28.1 Å². The van der Waals surface area contributed by atoms with Crippen LogP contribution in [-0.4, -0.2) is 62.4 Å². The van der Waals surface area contributed by atoms with Crippen molar-refractivity contribution in [3.05, 3.63) is 58.6 Å². The molecule has 8 nitrogen and oxygen atoms in total. The largest absolute Gasteiger partial charge is 0.494 e. The molecule has 2 atom stereocenters. The van der Waals surface area contributed by atoms with Crippen LogP contribution in [0, 0.1) is 0 Å². The highest BCUT2D eigenvalue weighted by Crippen LogP contribution is 2.26. The van der Waals surface area contributed by atoms with Crippen LogP contribution in [0.1, 0.15) is 24.9 Å². The molecule has 2 aromatic carbocycles. The first-order valence-electron chi connectivity index (χ1n) is 10.7. The summed E-state index contributed by atoms with van der Waals surface area (Å²) < 4.78 is 33.5. The van der Waals surface area contributed by atoms with Crippen LogP contribution in [0.2, 0.25) is 0 Å². The SMILES string of the molecule is CCOc1ccc(C2CC(C(=O)N3CCN(S(=O)(=O)c4ccc(Br)cc4)CC3)NN2)cc1. The van der Waals surface area contributed by atoms with Crippen molar-refractivity contribution >= 4 is 31.9 Å². The zero-order valence-corrected chi connectivity index (χ0v) is 20.2. The summed E-state index contributed by atoms with van der Waals surface area (Å²) in [6.07, 6.45) is 0.629. The summed E-state index contributed by atoms with van der Waals surface area (Å²) in [6, 6.07) is 14.2. The maximum absolute atomic E-state index is 13.0. The Bertz CT molecular complexity index is 1040. The first-order valence-corrected chi connectivity index (χ1v) is 12.9. The topological polar surface area (TPSA) is 91.0 Å². The van der Waals surface area contributed by atoms with Gasteiger partial charge in [-0.3, -0.25) is 4.79 Å². The van der Waals surface area contributed by atoms with Crippen molar-refractivity contribution in [3.63, 3.8) is 0 Å². The van der Waals surface area contributed by atoms with Gasteiger partial charge < -0.3 is 9.64 Å². The summed E-state index contributed by atoms with van der Waals surface area (Å²) in [7, 11) is -3.56. The summed E-state index contributed by atoms with van der Waals surface area (Å²) in [4.78, 5) is 15.0. The van der Waals surface area contributed by atoms with Crippen LogP contribution in [0.25, 0.3) is 0 Å². The van der Waals surface area contributed by atoms with E-state index in [-0.39, 0.29) is 36.0 Å². The molecule has 2 heterocycles. The van der Waals surface area contributed by atoms with Crippen LogP contribution < -0.4 is 15.6 Å². The second-order valence-corrected chi connectivity index (χ2v) is 10.7. The number of halogens is 1. The van der Waals surface area contributed by atoms with Crippen molar-refractivity contribution in [2.45, 2.75) is 30.3 Å². The standard InChI is InChI=1S/C22H27BrN4O4S/c1-2-31-18-7-3-16(4-8-18)20-15-21(25-24-20)22(28)26-11-13-27(14-12-26)32(29,30)19-9-5-17(23)6-10-19/h3-10,20-21,24-25H,2,11-15H2,1H3. The average Bonchev–Trinajstić information content (AvgIpc) is 3.30. The molecule has 2 fully saturated rings. The Balaban J connectivity index is 1.32. The van der Waals surface area contributed by atoms with Gasteiger partial charge in [0.1, 0.15) is 11.8 Å². The molecule has 2 aromatic rings. The molecule has 0 aromatic heterocycles. The number of carbonyl (C=O) groups is 1. The van der Waals surface area contributed by atoms with Crippen molar-refractivity contribution in [1.82, 2.24) is 20.1 Å². The molecule has 1 amide bonds. The van der Waals surface area contributed by atoms with E-state index in [0.717, 1.165) is 15.8 Å². The highest BCUT2D eigenvalue weighted by atomic mass is 79.9. The van der Waals surface area contributed by atoms with E-state index in [4.69, 9.17) is 4.74 Å². The van der Waals surface area contributed by atoms with E-state index in [1.54, 1.807) is 29.2 Å². The molecule has 4 rings (SSSR count). The molecule has 2 saturated heterocycles. The Kier molecular flexibility index (Phi) is 7.16. The Morgan fingerprint density at radius 2 is 1.69 bits per heavy atom. The lowest BCUT2D eigenvalue weighted by molar-refractivity contribution is -0.134. The summed E-state index contributed by atoms with van der Waals surface area (Å²) in [6.45, 7) is 3.89. The van der Waals surface area contributed by atoms with Gasteiger partial charge in [-0.25, -0.2) is 19.3 Å². The molecule has 0 saturated carbocycles. The van der Waals surface area contributed by atoms with Crippen molar-refractivity contribution in [2.24, 2.45) is 0 Å². The van der Waals surface area contributed by atoms with E-state index >= 15 is 0 Å². The molecular formula is C22H27BrN4O4S. The van der Waals surface area contributed by atoms with Gasteiger partial charge in [0.25, 0.3) is 0 Å². The van der Waals surface area contributed by atoms with E-state index < -0.39 is 10.0 Å². The van der Waals surface area contributed by atoms with Gasteiger partial charge in [0.05, 0.1) is 11.5 Å². The Hall–Kier alpha value is -1.98. The number of hydrogen-bond acceptors (Lipinski definition) is 6. The zero-order chi connectivity index (χ0) is 22.7. The van der Waals surface area contributed by atoms with Crippen molar-refractivity contribution in [2.75, 3.05) is 32.8 Å². The molecule has 2 N–H and O–H groups in total. The number of carbonyl (C=O) groups excluding carboxylic acids is 1. The lowest BCUT2D eigenvalue weighted by Gasteiger charge is -2.35. The first-order chi connectivity index (χ1) is 15.4. The maximum Gasteiger partial charge on any atom is 0.243 e. The zero-order valence-electron chi connectivity index (χ0n) is 17.8. The summed E-state index contributed by atoms with van der Waals surface area (Å²) in [5.74, 6) is 0.817. The number of nitrogens with one attached hydrogen (secondary N) is 2. The number of sulfonamides is 1. The van der Waals surface area contributed by atoms with Gasteiger partial charge in [0.2, 0.25) is 15.9 Å². The van der Waals surface area contributed by atoms with Crippen LogP contribution in [0.5, 0.6) is 5.75 Å². The number of hydrazine groups is 1. The number of amides is 1. The summed E-state index contributed by atoms with van der Waals surface area (Å²) >= 11 is 3.32. The van der Waals surface area contributed by atoms with Crippen molar-refractivity contribution < 1.29 is 17.9 Å². The molecule has 0 radical (unpaired) electrons. The van der Waals surface area contributed by atoms with Crippen LogP contribution in [0.3, 0.4) is 0 Å². The molecule has 0 aliphatic carbocycles. The Labute approximate surface area is 197 Å². The third kappa shape index (κ3) is 4.99. The number of piperazine rings is 1. The highest BCUT2D eigenvalue weighted by Gasteiger charge is 2.36. The van der Waals surface area contributed by atoms with Crippen molar-refractivity contribution in [1.29, 1.82) is 0 Å². The molecule has 2 unspecified atom stereocenters. The predicted octanol–water partition coefficient (Wildman–Crippen LogP) is 2.29. The van der Waals surface area contributed by atoms with Gasteiger partial charge in [0.15, 0.2) is 0 Å². The van der Waals surface area contributed by atoms with Crippen molar-refractivity contribution in [3.8, 4) is 5.75 Å². The second kappa shape index (κ2) is 9.88. The van der Waals surface area contributed by atoms with Crippen LogP contribution >= 0.6 is 15.9 Å². The van der Waals surface area contributed by atoms with Gasteiger partial charge in [0, 0.05) is 36.7 Å². The second-order valence-electron chi connectivity index (χ2n) is 7.81. The Morgan fingerprint density at radius 1 is 1.03 bits per heavy atom. The normalized spacial score (nSPS) is 22.1. The third-order valence-corrected chi connectivity index (χ3v) is 8.24. The van der Waals surface area contributed by atoms with Gasteiger partial charge in [-0.05, 0) is 55.3 Å². The number of rotatable bonds is 6. The van der Waals surface area contributed by atoms with E-state index in [0.29, 0.717) is 26.1 Å². The highest BCUT2D eigenvalue weighted by molar-refractivity contribution is 9.10. The smallest absolute Gasteiger partial charge is 0.243 e. The number of nitrogens with zero attached hydrogens (tertiary/aromatic N) is 2. The minimum absolute atomic E-state index is 0.00775. The molecular weight excluding hydrogens is 496 g/mol. The average molecular weight is 523 g/mol. The molecule has 32 heavy (non-hydrogen) atoms. The minimum Gasteiger partial charge on any atom is -0.494 e. The number of ether oxygens (including phenoxy) is 1. The molecule has 0 spiro atoms. The fraction of sp³-hybridized carbons (Fsp3) is 0.409. The molecule has 2 aliphatic rings. The fourth-order valence-corrected chi connectivity index (χ4v) is 5.71. The fourth-order valence-electron chi connectivity index (χ4n) is 4.02. The predicted molar refractivity (Wildman–Crippen MR) is 125 cm³/mol. The molecule has 172 valence electrons. The maximum atomic E-state index is 13.0. The lowest BCUT2D eigenvalue weighted by Crippen LogP contribution is -2.54. The number of benzene rings is 2. The monoisotopic (exact) mass is 522 g/mol. The lowest BCUT2D eigenvalue weighted by atomic mass is 10.0. The van der Waals surface area contributed by atoms with E-state index in [1.807, 2.05) is 31.2 Å².